The first-order chi connectivity index (χ1) is 16.6. The van der Waals surface area contributed by atoms with Crippen LogP contribution in [-0.4, -0.2) is 37.6 Å². The number of nitrogens with zero attached hydrogens (tertiary/aromatic N) is 1. The fourth-order valence-corrected chi connectivity index (χ4v) is 5.17. The van der Waals surface area contributed by atoms with E-state index in [0.717, 1.165) is 50.1 Å². The van der Waals surface area contributed by atoms with E-state index in [-0.39, 0.29) is 11.8 Å². The Labute approximate surface area is 202 Å². The van der Waals surface area contributed by atoms with Gasteiger partial charge in [-0.05, 0) is 60.9 Å². The molecule has 5 nitrogen and oxygen atoms in total. The Hall–Kier alpha value is -3.15. The Morgan fingerprint density at radius 1 is 1.03 bits per heavy atom. The SMILES string of the molecule is COc1ccccc1C[C@@H]1CCCN(CCCNC(=O)c2ccccc2)[C@]1(N)c1ccccc1. The van der Waals surface area contributed by atoms with E-state index in [1.807, 2.05) is 48.5 Å². The highest BCUT2D eigenvalue weighted by Crippen LogP contribution is 2.41. The molecule has 0 bridgehead atoms. The fraction of sp³-hybridized carbons (Fsp3) is 0.345. The number of hydrogen-bond donors (Lipinski definition) is 2. The minimum absolute atomic E-state index is 0.0321. The number of amides is 1. The lowest BCUT2D eigenvalue weighted by molar-refractivity contribution is -0.00758. The minimum Gasteiger partial charge on any atom is -0.496 e. The molecule has 1 aliphatic rings. The van der Waals surface area contributed by atoms with Gasteiger partial charge in [-0.3, -0.25) is 9.69 Å². The molecule has 0 saturated carbocycles. The number of nitrogens with two attached hydrogens (primary N) is 1. The van der Waals surface area contributed by atoms with Crippen molar-refractivity contribution in [3.8, 4) is 5.75 Å². The van der Waals surface area contributed by atoms with Gasteiger partial charge in [-0.2, -0.15) is 0 Å². The van der Waals surface area contributed by atoms with Crippen molar-refractivity contribution in [1.82, 2.24) is 10.2 Å². The van der Waals surface area contributed by atoms with E-state index in [2.05, 4.69) is 46.6 Å². The molecule has 1 heterocycles. The molecule has 1 aliphatic heterocycles. The molecule has 0 unspecified atom stereocenters. The maximum Gasteiger partial charge on any atom is 0.251 e. The normalized spacial score (nSPS) is 20.6. The average Bonchev–Trinajstić information content (AvgIpc) is 2.89. The summed E-state index contributed by atoms with van der Waals surface area (Å²) in [5.41, 5.74) is 9.78. The van der Waals surface area contributed by atoms with Gasteiger partial charge >= 0.3 is 0 Å². The van der Waals surface area contributed by atoms with Crippen molar-refractivity contribution in [2.24, 2.45) is 11.7 Å². The van der Waals surface area contributed by atoms with Gasteiger partial charge in [0.15, 0.2) is 0 Å². The summed E-state index contributed by atoms with van der Waals surface area (Å²) in [4.78, 5) is 14.8. The van der Waals surface area contributed by atoms with Crippen LogP contribution in [0.3, 0.4) is 0 Å². The fourth-order valence-electron chi connectivity index (χ4n) is 5.17. The Bertz CT molecular complexity index is 1060. The van der Waals surface area contributed by atoms with Crippen molar-refractivity contribution in [1.29, 1.82) is 0 Å². The molecule has 4 rings (SSSR count). The molecule has 178 valence electrons. The highest BCUT2D eigenvalue weighted by Gasteiger charge is 2.44. The maximum atomic E-state index is 12.4. The monoisotopic (exact) mass is 457 g/mol. The van der Waals surface area contributed by atoms with E-state index in [1.165, 1.54) is 5.56 Å². The molecule has 2 atom stereocenters. The second kappa shape index (κ2) is 11.3. The van der Waals surface area contributed by atoms with E-state index in [0.29, 0.717) is 12.1 Å². The van der Waals surface area contributed by atoms with Gasteiger partial charge in [-0.1, -0.05) is 66.7 Å². The van der Waals surface area contributed by atoms with Gasteiger partial charge in [0.05, 0.1) is 12.8 Å². The third-order valence-electron chi connectivity index (χ3n) is 6.95. The molecular weight excluding hydrogens is 422 g/mol. The summed E-state index contributed by atoms with van der Waals surface area (Å²) in [5, 5.41) is 3.05. The molecule has 0 aliphatic carbocycles. The van der Waals surface area contributed by atoms with Crippen LogP contribution >= 0.6 is 0 Å². The zero-order valence-electron chi connectivity index (χ0n) is 20.0. The number of ether oxygens (including phenoxy) is 1. The van der Waals surface area contributed by atoms with Gasteiger partial charge in [0.1, 0.15) is 5.75 Å². The molecular formula is C29H35N3O2. The predicted molar refractivity (Wildman–Crippen MR) is 137 cm³/mol. The number of rotatable bonds is 9. The lowest BCUT2D eigenvalue weighted by atomic mass is 9.75. The smallest absolute Gasteiger partial charge is 0.251 e. The van der Waals surface area contributed by atoms with Crippen molar-refractivity contribution >= 4 is 5.91 Å². The number of benzene rings is 3. The summed E-state index contributed by atoms with van der Waals surface area (Å²) in [7, 11) is 1.72. The summed E-state index contributed by atoms with van der Waals surface area (Å²) in [5.74, 6) is 1.13. The molecule has 3 N–H and O–H groups in total. The van der Waals surface area contributed by atoms with Gasteiger partial charge in [0.2, 0.25) is 0 Å². The first-order valence-electron chi connectivity index (χ1n) is 12.2. The summed E-state index contributed by atoms with van der Waals surface area (Å²) in [6, 6.07) is 28.0. The first-order valence-corrected chi connectivity index (χ1v) is 12.2. The number of methoxy groups -OCH3 is 1. The van der Waals surface area contributed by atoms with Gasteiger partial charge < -0.3 is 15.8 Å². The topological polar surface area (TPSA) is 67.6 Å². The molecule has 5 heteroatoms. The average molecular weight is 458 g/mol. The van der Waals surface area contributed by atoms with Gasteiger partial charge in [0, 0.05) is 25.2 Å². The van der Waals surface area contributed by atoms with E-state index in [4.69, 9.17) is 10.5 Å². The molecule has 3 aromatic rings. The lowest BCUT2D eigenvalue weighted by Gasteiger charge is -2.50. The predicted octanol–water partition coefficient (Wildman–Crippen LogP) is 4.58. The summed E-state index contributed by atoms with van der Waals surface area (Å²) < 4.78 is 5.63. The lowest BCUT2D eigenvalue weighted by Crippen LogP contribution is -2.61. The van der Waals surface area contributed by atoms with E-state index >= 15 is 0 Å². The summed E-state index contributed by atoms with van der Waals surface area (Å²) in [6.07, 6.45) is 3.86. The van der Waals surface area contributed by atoms with E-state index in [9.17, 15) is 4.79 Å². The third kappa shape index (κ3) is 5.32. The van der Waals surface area contributed by atoms with Crippen LogP contribution in [-0.2, 0) is 12.1 Å². The molecule has 0 radical (unpaired) electrons. The second-order valence-corrected chi connectivity index (χ2v) is 9.01. The summed E-state index contributed by atoms with van der Waals surface area (Å²) >= 11 is 0. The minimum atomic E-state index is -0.580. The highest BCUT2D eigenvalue weighted by atomic mass is 16.5. The van der Waals surface area contributed by atoms with Crippen molar-refractivity contribution in [3.63, 3.8) is 0 Å². The van der Waals surface area contributed by atoms with Crippen LogP contribution in [0.25, 0.3) is 0 Å². The standard InChI is InChI=1S/C29H35N3O2/c1-34-27-18-9-8-14-24(27)22-26-17-10-20-32(29(26,30)25-15-6-3-7-16-25)21-11-19-31-28(33)23-12-4-2-5-13-23/h2-9,12-16,18,26H,10-11,17,19-22,30H2,1H3,(H,31,33)/t26-,29+/m0/s1. The number of piperidine rings is 1. The van der Waals surface area contributed by atoms with Crippen LogP contribution in [0.1, 0.15) is 40.7 Å². The number of carbonyl (C=O) groups is 1. The molecule has 34 heavy (non-hydrogen) atoms. The van der Waals surface area contributed by atoms with Crippen LogP contribution < -0.4 is 15.8 Å². The van der Waals surface area contributed by atoms with Gasteiger partial charge in [-0.15, -0.1) is 0 Å². The molecule has 3 aromatic carbocycles. The summed E-state index contributed by atoms with van der Waals surface area (Å²) in [6.45, 7) is 2.38. The van der Waals surface area contributed by atoms with Crippen LogP contribution in [0, 0.1) is 5.92 Å². The number of likely N-dealkylation sites (tertiary alicyclic amines) is 1. The number of hydrogen-bond acceptors (Lipinski definition) is 4. The van der Waals surface area contributed by atoms with Crippen LogP contribution in [0.5, 0.6) is 5.75 Å². The Morgan fingerprint density at radius 2 is 1.71 bits per heavy atom. The van der Waals surface area contributed by atoms with Crippen molar-refractivity contribution in [2.45, 2.75) is 31.3 Å². The van der Waals surface area contributed by atoms with Crippen LogP contribution in [0.4, 0.5) is 0 Å². The third-order valence-corrected chi connectivity index (χ3v) is 6.95. The Morgan fingerprint density at radius 3 is 2.44 bits per heavy atom. The Kier molecular flexibility index (Phi) is 7.99. The van der Waals surface area contributed by atoms with Crippen LogP contribution in [0.15, 0.2) is 84.9 Å². The number of carbonyl (C=O) groups excluding carboxylic acids is 1. The zero-order valence-corrected chi connectivity index (χ0v) is 20.0. The second-order valence-electron chi connectivity index (χ2n) is 9.01. The highest BCUT2D eigenvalue weighted by molar-refractivity contribution is 5.94. The molecule has 1 fully saturated rings. The first kappa shape index (κ1) is 24.0. The largest absolute Gasteiger partial charge is 0.496 e. The van der Waals surface area contributed by atoms with E-state index in [1.54, 1.807) is 7.11 Å². The molecule has 0 aromatic heterocycles. The van der Waals surface area contributed by atoms with Crippen LogP contribution in [0.2, 0.25) is 0 Å². The quantitative estimate of drug-likeness (QED) is 0.462. The molecule has 1 amide bonds. The Balaban J connectivity index is 1.48. The van der Waals surface area contributed by atoms with Crippen molar-refractivity contribution in [3.05, 3.63) is 102 Å². The number of nitrogens with one attached hydrogen (secondary N) is 1. The van der Waals surface area contributed by atoms with E-state index < -0.39 is 5.66 Å². The molecule has 0 spiro atoms. The number of para-hydroxylation sites is 1. The van der Waals surface area contributed by atoms with Crippen molar-refractivity contribution in [2.75, 3.05) is 26.7 Å². The van der Waals surface area contributed by atoms with Crippen molar-refractivity contribution < 1.29 is 9.53 Å². The molecule has 1 saturated heterocycles. The zero-order chi connectivity index (χ0) is 23.8. The maximum absolute atomic E-state index is 12.4. The van der Waals surface area contributed by atoms with Gasteiger partial charge in [0.25, 0.3) is 5.91 Å². The van der Waals surface area contributed by atoms with Gasteiger partial charge in [-0.25, -0.2) is 0 Å².